The van der Waals surface area contributed by atoms with E-state index in [0.717, 1.165) is 0 Å². The lowest BCUT2D eigenvalue weighted by Crippen LogP contribution is -1.99. The van der Waals surface area contributed by atoms with Gasteiger partial charge in [0.25, 0.3) is 0 Å². The summed E-state index contributed by atoms with van der Waals surface area (Å²) in [7, 11) is 0. The van der Waals surface area contributed by atoms with E-state index >= 15 is 0 Å². The van der Waals surface area contributed by atoms with Crippen molar-refractivity contribution < 1.29 is 4.39 Å². The number of aromatic nitrogens is 2. The van der Waals surface area contributed by atoms with Crippen LogP contribution in [0.3, 0.4) is 0 Å². The van der Waals surface area contributed by atoms with Gasteiger partial charge in [-0.1, -0.05) is 29.3 Å². The lowest BCUT2D eigenvalue weighted by Gasteiger charge is -2.07. The molecular weight excluding hydrogens is 300 g/mol. The van der Waals surface area contributed by atoms with E-state index in [1.54, 1.807) is 30.3 Å². The van der Waals surface area contributed by atoms with Crippen LogP contribution >= 0.6 is 23.2 Å². The summed E-state index contributed by atoms with van der Waals surface area (Å²) in [5.41, 5.74) is 6.64. The molecule has 2 N–H and O–H groups in total. The van der Waals surface area contributed by atoms with E-state index in [4.69, 9.17) is 28.9 Å². The molecule has 0 fully saturated rings. The zero-order valence-corrected chi connectivity index (χ0v) is 11.6. The van der Waals surface area contributed by atoms with Crippen LogP contribution in [0.4, 0.5) is 10.2 Å². The van der Waals surface area contributed by atoms with Crippen LogP contribution in [0.2, 0.25) is 10.0 Å². The van der Waals surface area contributed by atoms with Crippen LogP contribution < -0.4 is 5.73 Å². The first kappa shape index (κ1) is 13.1. The predicted molar refractivity (Wildman–Crippen MR) is 79.4 cm³/mol. The van der Waals surface area contributed by atoms with Gasteiger partial charge in [-0.05, 0) is 30.3 Å². The quantitative estimate of drug-likeness (QED) is 0.728. The summed E-state index contributed by atoms with van der Waals surface area (Å²) in [6.45, 7) is 0. The number of hydrogen-bond acceptors (Lipinski definition) is 3. The lowest BCUT2D eigenvalue weighted by molar-refractivity contribution is 0.630. The summed E-state index contributed by atoms with van der Waals surface area (Å²) in [4.78, 5) is 8.42. The number of anilines is 1. The van der Waals surface area contributed by atoms with Crippen molar-refractivity contribution in [1.82, 2.24) is 9.97 Å². The van der Waals surface area contributed by atoms with Crippen molar-refractivity contribution in [3.05, 3.63) is 52.3 Å². The molecule has 0 unspecified atom stereocenters. The minimum Gasteiger partial charge on any atom is -0.383 e. The molecular formula is C14H8Cl2FN3. The van der Waals surface area contributed by atoms with E-state index in [0.29, 0.717) is 15.9 Å². The van der Waals surface area contributed by atoms with Crippen LogP contribution in [0, 0.1) is 5.82 Å². The number of nitrogen functional groups attached to an aromatic ring is 1. The monoisotopic (exact) mass is 307 g/mol. The Kier molecular flexibility index (Phi) is 3.20. The van der Waals surface area contributed by atoms with Crippen LogP contribution in [0.1, 0.15) is 0 Å². The van der Waals surface area contributed by atoms with Crippen molar-refractivity contribution in [2.45, 2.75) is 0 Å². The molecule has 0 saturated heterocycles. The van der Waals surface area contributed by atoms with Gasteiger partial charge in [-0.15, -0.1) is 0 Å². The topological polar surface area (TPSA) is 51.8 Å². The summed E-state index contributed by atoms with van der Waals surface area (Å²) in [6, 6.07) is 9.71. The molecule has 100 valence electrons. The molecule has 2 aromatic carbocycles. The van der Waals surface area contributed by atoms with Crippen molar-refractivity contribution in [2.75, 3.05) is 5.73 Å². The van der Waals surface area contributed by atoms with Crippen molar-refractivity contribution in [1.29, 1.82) is 0 Å². The Morgan fingerprint density at radius 2 is 1.85 bits per heavy atom. The molecule has 0 atom stereocenters. The summed E-state index contributed by atoms with van der Waals surface area (Å²) in [5, 5.41) is 1.20. The minimum absolute atomic E-state index is 0.0101. The van der Waals surface area contributed by atoms with Gasteiger partial charge in [0, 0.05) is 10.4 Å². The third-order valence-corrected chi connectivity index (χ3v) is 3.41. The molecule has 0 amide bonds. The highest BCUT2D eigenvalue weighted by molar-refractivity contribution is 6.31. The number of halogens is 3. The molecule has 0 saturated carbocycles. The Labute approximate surface area is 124 Å². The zero-order valence-electron chi connectivity index (χ0n) is 10.1. The Balaban J connectivity index is 2.29. The molecule has 3 rings (SSSR count). The second-order valence-electron chi connectivity index (χ2n) is 4.20. The van der Waals surface area contributed by atoms with E-state index < -0.39 is 5.82 Å². The van der Waals surface area contributed by atoms with Gasteiger partial charge in [0.15, 0.2) is 11.6 Å². The lowest BCUT2D eigenvalue weighted by atomic mass is 10.1. The smallest absolute Gasteiger partial charge is 0.165 e. The molecule has 20 heavy (non-hydrogen) atoms. The van der Waals surface area contributed by atoms with Gasteiger partial charge in [0.05, 0.1) is 16.1 Å². The first-order valence-electron chi connectivity index (χ1n) is 5.73. The van der Waals surface area contributed by atoms with E-state index in [1.807, 2.05) is 0 Å². The second kappa shape index (κ2) is 4.89. The Morgan fingerprint density at radius 3 is 2.65 bits per heavy atom. The number of nitrogens with zero attached hydrogens (tertiary/aromatic N) is 2. The Morgan fingerprint density at radius 1 is 1.05 bits per heavy atom. The number of nitrogens with two attached hydrogens (primary N) is 1. The Bertz CT molecular complexity index is 821. The van der Waals surface area contributed by atoms with E-state index in [9.17, 15) is 4.39 Å². The summed E-state index contributed by atoms with van der Waals surface area (Å²) in [5.74, 6) is -0.131. The van der Waals surface area contributed by atoms with Crippen LogP contribution in [0.5, 0.6) is 0 Å². The number of rotatable bonds is 1. The normalized spacial score (nSPS) is 10.9. The maximum absolute atomic E-state index is 14.0. The highest BCUT2D eigenvalue weighted by Crippen LogP contribution is 2.29. The fourth-order valence-corrected chi connectivity index (χ4v) is 2.27. The number of fused-ring (bicyclic) bond motifs is 1. The molecule has 0 aliphatic rings. The fourth-order valence-electron chi connectivity index (χ4n) is 1.92. The molecule has 1 aromatic heterocycles. The SMILES string of the molecule is Nc1nc(-c2cccc(Cl)c2F)nc2cc(Cl)ccc12. The number of benzene rings is 2. The van der Waals surface area contributed by atoms with Gasteiger partial charge >= 0.3 is 0 Å². The van der Waals surface area contributed by atoms with Crippen LogP contribution in [0.25, 0.3) is 22.3 Å². The number of hydrogen-bond donors (Lipinski definition) is 1. The van der Waals surface area contributed by atoms with Gasteiger partial charge < -0.3 is 5.73 Å². The van der Waals surface area contributed by atoms with Crippen LogP contribution in [-0.2, 0) is 0 Å². The first-order valence-corrected chi connectivity index (χ1v) is 6.49. The maximum Gasteiger partial charge on any atom is 0.165 e. The summed E-state index contributed by atoms with van der Waals surface area (Å²) in [6.07, 6.45) is 0. The average Bonchev–Trinajstić information content (AvgIpc) is 2.41. The third kappa shape index (κ3) is 2.17. The van der Waals surface area contributed by atoms with Gasteiger partial charge in [-0.3, -0.25) is 0 Å². The third-order valence-electron chi connectivity index (χ3n) is 2.88. The molecule has 3 nitrogen and oxygen atoms in total. The van der Waals surface area contributed by atoms with E-state index in [2.05, 4.69) is 9.97 Å². The Hall–Kier alpha value is -1.91. The van der Waals surface area contributed by atoms with E-state index in [1.165, 1.54) is 6.07 Å². The van der Waals surface area contributed by atoms with Gasteiger partial charge in [0.1, 0.15) is 5.82 Å². The molecule has 0 aliphatic carbocycles. The van der Waals surface area contributed by atoms with Crippen molar-refractivity contribution in [2.24, 2.45) is 0 Å². The summed E-state index contributed by atoms with van der Waals surface area (Å²) >= 11 is 11.7. The van der Waals surface area contributed by atoms with Crippen LogP contribution in [0.15, 0.2) is 36.4 Å². The van der Waals surface area contributed by atoms with Crippen LogP contribution in [-0.4, -0.2) is 9.97 Å². The van der Waals surface area contributed by atoms with Crippen molar-refractivity contribution in [3.63, 3.8) is 0 Å². The molecule has 0 aliphatic heterocycles. The molecule has 0 spiro atoms. The first-order chi connectivity index (χ1) is 9.56. The van der Waals surface area contributed by atoms with Gasteiger partial charge in [-0.2, -0.15) is 0 Å². The highest BCUT2D eigenvalue weighted by atomic mass is 35.5. The summed E-state index contributed by atoms with van der Waals surface area (Å²) < 4.78 is 14.0. The fraction of sp³-hybridized carbons (Fsp3) is 0. The molecule has 1 heterocycles. The molecule has 6 heteroatoms. The zero-order chi connectivity index (χ0) is 14.3. The van der Waals surface area contributed by atoms with Crippen molar-refractivity contribution >= 4 is 39.9 Å². The second-order valence-corrected chi connectivity index (χ2v) is 5.04. The largest absolute Gasteiger partial charge is 0.383 e. The van der Waals surface area contributed by atoms with Gasteiger partial charge in [-0.25, -0.2) is 14.4 Å². The molecule has 0 radical (unpaired) electrons. The molecule has 3 aromatic rings. The predicted octanol–water partition coefficient (Wildman–Crippen LogP) is 4.32. The van der Waals surface area contributed by atoms with E-state index in [-0.39, 0.29) is 22.2 Å². The molecule has 0 bridgehead atoms. The van der Waals surface area contributed by atoms with Crippen molar-refractivity contribution in [3.8, 4) is 11.4 Å². The minimum atomic E-state index is -0.574. The highest BCUT2D eigenvalue weighted by Gasteiger charge is 2.13. The maximum atomic E-state index is 14.0. The van der Waals surface area contributed by atoms with Gasteiger partial charge in [0.2, 0.25) is 0 Å². The average molecular weight is 308 g/mol. The standard InChI is InChI=1S/C14H8Cl2FN3/c15-7-4-5-8-11(6-7)19-14(20-13(8)18)9-2-1-3-10(16)12(9)17/h1-6H,(H2,18,19,20).